The van der Waals surface area contributed by atoms with Gasteiger partial charge in [0.2, 0.25) is 0 Å². The third-order valence-corrected chi connectivity index (χ3v) is 4.26. The molecule has 0 aromatic carbocycles. The number of amides is 2. The van der Waals surface area contributed by atoms with Gasteiger partial charge in [0.05, 0.1) is 20.3 Å². The molecule has 11 heteroatoms. The molecule has 0 saturated heterocycles. The zero-order valence-corrected chi connectivity index (χ0v) is 22.6. The molecule has 0 radical (unpaired) electrons. The van der Waals surface area contributed by atoms with Gasteiger partial charge in [0.25, 0.3) is 5.91 Å². The van der Waals surface area contributed by atoms with E-state index in [2.05, 4.69) is 20.6 Å². The van der Waals surface area contributed by atoms with Crippen LogP contribution in [0.5, 0.6) is 11.5 Å². The standard InChI is InChI=1S/C26H36N4O7/c1-15(2)13-35-17-9-19(27-20(10-17)24(32)34-8)23(31)29-21-11-18(36-14-16(3)4)12-22(28-21)30-25(33)37-26(5,6)7/h9-12,15-16H,13-14H2,1-8H3,(H2,28,29,30,31,33). The molecular weight excluding hydrogens is 480 g/mol. The minimum Gasteiger partial charge on any atom is -0.493 e. The number of carbonyl (C=O) groups excluding carboxylic acids is 3. The third-order valence-electron chi connectivity index (χ3n) is 4.26. The molecule has 2 rings (SSSR count). The van der Waals surface area contributed by atoms with Crippen molar-refractivity contribution in [3.63, 3.8) is 0 Å². The van der Waals surface area contributed by atoms with Crippen molar-refractivity contribution in [1.82, 2.24) is 9.97 Å². The molecule has 2 aromatic rings. The summed E-state index contributed by atoms with van der Waals surface area (Å²) in [6.45, 7) is 13.9. The fourth-order valence-electron chi connectivity index (χ4n) is 2.75. The molecule has 2 amide bonds. The molecule has 202 valence electrons. The molecule has 0 unspecified atom stereocenters. The van der Waals surface area contributed by atoms with Crippen LogP contribution >= 0.6 is 0 Å². The van der Waals surface area contributed by atoms with Crippen molar-refractivity contribution in [2.24, 2.45) is 11.8 Å². The molecule has 0 bridgehead atoms. The van der Waals surface area contributed by atoms with Gasteiger partial charge in [-0.1, -0.05) is 27.7 Å². The molecule has 2 heterocycles. The fraction of sp³-hybridized carbons (Fsp3) is 0.500. The summed E-state index contributed by atoms with van der Waals surface area (Å²) in [6.07, 6.45) is -0.710. The van der Waals surface area contributed by atoms with Gasteiger partial charge in [-0.15, -0.1) is 0 Å². The van der Waals surface area contributed by atoms with Crippen LogP contribution in [0.4, 0.5) is 16.4 Å². The van der Waals surface area contributed by atoms with E-state index in [1.165, 1.54) is 31.4 Å². The topological polar surface area (TPSA) is 138 Å². The van der Waals surface area contributed by atoms with Crippen molar-refractivity contribution in [3.05, 3.63) is 35.7 Å². The second kappa shape index (κ2) is 12.9. The largest absolute Gasteiger partial charge is 0.493 e. The van der Waals surface area contributed by atoms with E-state index in [-0.39, 0.29) is 34.9 Å². The zero-order valence-electron chi connectivity index (χ0n) is 22.6. The van der Waals surface area contributed by atoms with Gasteiger partial charge in [-0.05, 0) is 32.6 Å². The van der Waals surface area contributed by atoms with Gasteiger partial charge in [0, 0.05) is 24.3 Å². The van der Waals surface area contributed by atoms with E-state index in [0.29, 0.717) is 24.7 Å². The van der Waals surface area contributed by atoms with Crippen molar-refractivity contribution in [2.45, 2.75) is 54.1 Å². The van der Waals surface area contributed by atoms with E-state index in [0.717, 1.165) is 0 Å². The summed E-state index contributed by atoms with van der Waals surface area (Å²) in [6, 6.07) is 5.87. The molecule has 0 saturated carbocycles. The van der Waals surface area contributed by atoms with Crippen LogP contribution in [0.1, 0.15) is 69.4 Å². The minimum absolute atomic E-state index is 0.0804. The van der Waals surface area contributed by atoms with Gasteiger partial charge in [0.1, 0.15) is 34.4 Å². The molecule has 2 N–H and O–H groups in total. The number of hydrogen-bond acceptors (Lipinski definition) is 9. The third kappa shape index (κ3) is 10.3. The lowest BCUT2D eigenvalue weighted by atomic mass is 10.2. The Morgan fingerprint density at radius 1 is 0.811 bits per heavy atom. The SMILES string of the molecule is COC(=O)c1cc(OCC(C)C)cc(C(=O)Nc2cc(OCC(C)C)cc(NC(=O)OC(C)(C)C)n2)n1. The lowest BCUT2D eigenvalue weighted by molar-refractivity contribution is 0.0591. The Hall–Kier alpha value is -3.89. The van der Waals surface area contributed by atoms with Crippen LogP contribution in [0.15, 0.2) is 24.3 Å². The highest BCUT2D eigenvalue weighted by atomic mass is 16.6. The normalized spacial score (nSPS) is 11.2. The first-order chi connectivity index (χ1) is 17.3. The molecule has 0 fully saturated rings. The van der Waals surface area contributed by atoms with Gasteiger partial charge >= 0.3 is 12.1 Å². The molecule has 0 aliphatic rings. The number of pyridine rings is 2. The predicted molar refractivity (Wildman–Crippen MR) is 138 cm³/mol. The fourth-order valence-corrected chi connectivity index (χ4v) is 2.75. The monoisotopic (exact) mass is 516 g/mol. The minimum atomic E-state index is -0.713. The molecule has 0 aliphatic carbocycles. The Morgan fingerprint density at radius 2 is 1.32 bits per heavy atom. The molecule has 2 aromatic heterocycles. The molecule has 11 nitrogen and oxygen atoms in total. The highest BCUT2D eigenvalue weighted by Gasteiger charge is 2.20. The quantitative estimate of drug-likeness (QED) is 0.421. The number of esters is 1. The van der Waals surface area contributed by atoms with Crippen LogP contribution in [0.25, 0.3) is 0 Å². The van der Waals surface area contributed by atoms with E-state index in [1.807, 2.05) is 27.7 Å². The van der Waals surface area contributed by atoms with Gasteiger partial charge in [-0.25, -0.2) is 19.6 Å². The number of ether oxygens (including phenoxy) is 4. The van der Waals surface area contributed by atoms with Gasteiger partial charge < -0.3 is 24.3 Å². The summed E-state index contributed by atoms with van der Waals surface area (Å²) < 4.78 is 21.5. The number of aromatic nitrogens is 2. The van der Waals surface area contributed by atoms with Crippen LogP contribution in [0, 0.1) is 11.8 Å². The maximum absolute atomic E-state index is 13.1. The summed E-state index contributed by atoms with van der Waals surface area (Å²) in [4.78, 5) is 45.8. The number of nitrogens with one attached hydrogen (secondary N) is 2. The van der Waals surface area contributed by atoms with E-state index in [9.17, 15) is 14.4 Å². The number of carbonyl (C=O) groups is 3. The second-order valence-electron chi connectivity index (χ2n) is 10.1. The average Bonchev–Trinajstić information content (AvgIpc) is 2.79. The molecule has 0 spiro atoms. The summed E-state index contributed by atoms with van der Waals surface area (Å²) in [5, 5.41) is 5.18. The van der Waals surface area contributed by atoms with Crippen LogP contribution in [0.2, 0.25) is 0 Å². The Labute approximate surface area is 217 Å². The first-order valence-corrected chi connectivity index (χ1v) is 11.9. The Kier molecular flexibility index (Phi) is 10.2. The summed E-state index contributed by atoms with van der Waals surface area (Å²) >= 11 is 0. The van der Waals surface area contributed by atoms with E-state index in [1.54, 1.807) is 20.8 Å². The van der Waals surface area contributed by atoms with Gasteiger partial charge in [-0.3, -0.25) is 10.1 Å². The number of hydrogen-bond donors (Lipinski definition) is 2. The van der Waals surface area contributed by atoms with Crippen LogP contribution in [-0.4, -0.2) is 53.9 Å². The Bertz CT molecular complexity index is 1110. The van der Waals surface area contributed by atoms with Crippen LogP contribution in [0.3, 0.4) is 0 Å². The number of methoxy groups -OCH3 is 1. The predicted octanol–water partition coefficient (Wildman–Crippen LogP) is 4.93. The van der Waals surface area contributed by atoms with Crippen molar-refractivity contribution >= 4 is 29.6 Å². The van der Waals surface area contributed by atoms with E-state index >= 15 is 0 Å². The zero-order chi connectivity index (χ0) is 27.8. The first-order valence-electron chi connectivity index (χ1n) is 11.9. The highest BCUT2D eigenvalue weighted by molar-refractivity contribution is 6.03. The Morgan fingerprint density at radius 3 is 1.84 bits per heavy atom. The van der Waals surface area contributed by atoms with Crippen LogP contribution in [-0.2, 0) is 9.47 Å². The van der Waals surface area contributed by atoms with Crippen molar-refractivity contribution in [2.75, 3.05) is 31.0 Å². The molecule has 0 atom stereocenters. The number of rotatable bonds is 10. The average molecular weight is 517 g/mol. The maximum Gasteiger partial charge on any atom is 0.413 e. The van der Waals surface area contributed by atoms with Crippen LogP contribution < -0.4 is 20.1 Å². The Balaban J connectivity index is 2.36. The second-order valence-corrected chi connectivity index (χ2v) is 10.1. The van der Waals surface area contributed by atoms with Gasteiger partial charge in [-0.2, -0.15) is 0 Å². The summed E-state index contributed by atoms with van der Waals surface area (Å²) in [5.74, 6) is -0.0308. The number of anilines is 2. The molecule has 37 heavy (non-hydrogen) atoms. The van der Waals surface area contributed by atoms with E-state index < -0.39 is 23.6 Å². The van der Waals surface area contributed by atoms with Crippen molar-refractivity contribution in [1.29, 1.82) is 0 Å². The maximum atomic E-state index is 13.1. The summed E-state index contributed by atoms with van der Waals surface area (Å²) in [7, 11) is 1.22. The van der Waals surface area contributed by atoms with E-state index in [4.69, 9.17) is 18.9 Å². The lowest BCUT2D eigenvalue weighted by Crippen LogP contribution is -2.27. The first kappa shape index (κ1) is 29.3. The molecular formula is C26H36N4O7. The highest BCUT2D eigenvalue weighted by Crippen LogP contribution is 2.23. The smallest absolute Gasteiger partial charge is 0.413 e. The lowest BCUT2D eigenvalue weighted by Gasteiger charge is -2.20. The van der Waals surface area contributed by atoms with Crippen molar-refractivity contribution in [3.8, 4) is 11.5 Å². The molecule has 0 aliphatic heterocycles. The number of nitrogens with zero attached hydrogens (tertiary/aromatic N) is 2. The van der Waals surface area contributed by atoms with Gasteiger partial charge in [0.15, 0.2) is 5.69 Å². The van der Waals surface area contributed by atoms with Crippen molar-refractivity contribution < 1.29 is 33.3 Å². The summed E-state index contributed by atoms with van der Waals surface area (Å²) in [5.41, 5.74) is -0.875.